The number of carbonyl (C=O) groups is 1. The van der Waals surface area contributed by atoms with Crippen LogP contribution in [0.4, 0.5) is 23.2 Å². The third kappa shape index (κ3) is 2.71. The lowest BCUT2D eigenvalue weighted by Gasteiger charge is -2.20. The number of benzene rings is 1. The first-order chi connectivity index (χ1) is 7.45. The molecule has 1 aromatic rings. The second-order valence-electron chi connectivity index (χ2n) is 3.22. The Morgan fingerprint density at radius 2 is 1.81 bits per heavy atom. The van der Waals surface area contributed by atoms with Crippen LogP contribution in [0.3, 0.4) is 0 Å². The van der Waals surface area contributed by atoms with Gasteiger partial charge in [0.25, 0.3) is 6.43 Å². The van der Waals surface area contributed by atoms with E-state index in [1.54, 1.807) is 0 Å². The van der Waals surface area contributed by atoms with Gasteiger partial charge in [-0.2, -0.15) is 0 Å². The van der Waals surface area contributed by atoms with Crippen LogP contribution in [0, 0.1) is 11.6 Å². The van der Waals surface area contributed by atoms with E-state index < -0.39 is 30.3 Å². The van der Waals surface area contributed by atoms with Crippen LogP contribution in [0.1, 0.15) is 10.4 Å². The Balaban J connectivity index is 3.08. The lowest BCUT2D eigenvalue weighted by atomic mass is 10.2. The standard InChI is InChI=1S/C10H9F4NO/c1-15(4-9(13)14)10-7(11)2-6(5-16)3-8(10)12/h2-3,5,9H,4H2,1H3. The topological polar surface area (TPSA) is 20.3 Å². The number of hydrogen-bond donors (Lipinski definition) is 0. The molecule has 0 fully saturated rings. The first kappa shape index (κ1) is 12.5. The maximum Gasteiger partial charge on any atom is 0.255 e. The predicted octanol–water partition coefficient (Wildman–Crippen LogP) is 2.48. The van der Waals surface area contributed by atoms with Crippen molar-refractivity contribution in [1.29, 1.82) is 0 Å². The Hall–Kier alpha value is -1.59. The molecule has 0 saturated carbocycles. The van der Waals surface area contributed by atoms with E-state index in [2.05, 4.69) is 0 Å². The molecule has 0 unspecified atom stereocenters. The summed E-state index contributed by atoms with van der Waals surface area (Å²) in [7, 11) is 1.15. The monoisotopic (exact) mass is 235 g/mol. The first-order valence-electron chi connectivity index (χ1n) is 4.39. The molecular weight excluding hydrogens is 226 g/mol. The van der Waals surface area contributed by atoms with Crippen molar-refractivity contribution in [3.63, 3.8) is 0 Å². The SMILES string of the molecule is CN(CC(F)F)c1c(F)cc(C=O)cc1F. The molecule has 0 radical (unpaired) electrons. The molecule has 0 N–H and O–H groups in total. The van der Waals surface area contributed by atoms with Gasteiger partial charge in [-0.3, -0.25) is 4.79 Å². The van der Waals surface area contributed by atoms with Crippen molar-refractivity contribution in [2.24, 2.45) is 0 Å². The Kier molecular flexibility index (Phi) is 3.87. The zero-order valence-electron chi connectivity index (χ0n) is 8.38. The molecule has 0 amide bonds. The number of alkyl halides is 2. The molecule has 2 nitrogen and oxygen atoms in total. The van der Waals surface area contributed by atoms with E-state index in [-0.39, 0.29) is 11.8 Å². The number of rotatable bonds is 4. The minimum absolute atomic E-state index is 0.177. The predicted molar refractivity (Wildman–Crippen MR) is 51.0 cm³/mol. The summed E-state index contributed by atoms with van der Waals surface area (Å²) >= 11 is 0. The van der Waals surface area contributed by atoms with Crippen molar-refractivity contribution < 1.29 is 22.4 Å². The number of carbonyl (C=O) groups excluding carboxylic acids is 1. The molecule has 0 atom stereocenters. The number of nitrogens with zero attached hydrogens (tertiary/aromatic N) is 1. The molecule has 88 valence electrons. The highest BCUT2D eigenvalue weighted by atomic mass is 19.3. The summed E-state index contributed by atoms with van der Waals surface area (Å²) in [5.41, 5.74) is -0.741. The Morgan fingerprint density at radius 3 is 2.19 bits per heavy atom. The number of anilines is 1. The highest BCUT2D eigenvalue weighted by Crippen LogP contribution is 2.24. The minimum Gasteiger partial charge on any atom is -0.364 e. The van der Waals surface area contributed by atoms with E-state index in [0.717, 1.165) is 24.1 Å². The molecule has 0 aliphatic heterocycles. The maximum atomic E-state index is 13.3. The van der Waals surface area contributed by atoms with E-state index in [9.17, 15) is 22.4 Å². The van der Waals surface area contributed by atoms with Crippen LogP contribution in [-0.2, 0) is 0 Å². The van der Waals surface area contributed by atoms with Crippen molar-refractivity contribution in [3.05, 3.63) is 29.3 Å². The lowest BCUT2D eigenvalue weighted by Crippen LogP contribution is -2.26. The Morgan fingerprint density at radius 1 is 1.31 bits per heavy atom. The molecule has 0 spiro atoms. The lowest BCUT2D eigenvalue weighted by molar-refractivity contribution is 0.112. The van der Waals surface area contributed by atoms with Crippen molar-refractivity contribution in [3.8, 4) is 0 Å². The fourth-order valence-corrected chi connectivity index (χ4v) is 1.32. The van der Waals surface area contributed by atoms with Gasteiger partial charge in [-0.1, -0.05) is 0 Å². The van der Waals surface area contributed by atoms with Gasteiger partial charge >= 0.3 is 0 Å². The minimum atomic E-state index is -2.70. The molecule has 0 bridgehead atoms. The summed E-state index contributed by atoms with van der Waals surface area (Å²) < 4.78 is 50.7. The second-order valence-corrected chi connectivity index (χ2v) is 3.22. The quantitative estimate of drug-likeness (QED) is 0.590. The number of aldehydes is 1. The molecule has 0 aliphatic rings. The molecule has 1 aromatic carbocycles. The van der Waals surface area contributed by atoms with Crippen molar-refractivity contribution in [2.45, 2.75) is 6.43 Å². The van der Waals surface area contributed by atoms with E-state index in [1.807, 2.05) is 0 Å². The van der Waals surface area contributed by atoms with Crippen LogP contribution in [-0.4, -0.2) is 26.3 Å². The molecule has 0 heterocycles. The average molecular weight is 235 g/mol. The second kappa shape index (κ2) is 4.96. The van der Waals surface area contributed by atoms with Gasteiger partial charge < -0.3 is 4.90 Å². The number of halogens is 4. The smallest absolute Gasteiger partial charge is 0.255 e. The van der Waals surface area contributed by atoms with Gasteiger partial charge in [0.1, 0.15) is 23.6 Å². The maximum absolute atomic E-state index is 13.3. The van der Waals surface area contributed by atoms with E-state index >= 15 is 0 Å². The molecule has 1 rings (SSSR count). The Labute approximate surface area is 89.5 Å². The molecule has 6 heteroatoms. The summed E-state index contributed by atoms with van der Waals surface area (Å²) in [5.74, 6) is -2.07. The third-order valence-electron chi connectivity index (χ3n) is 1.97. The molecular formula is C10H9F4NO. The summed E-state index contributed by atoms with van der Waals surface area (Å²) in [6, 6.07) is 1.60. The van der Waals surface area contributed by atoms with Crippen LogP contribution >= 0.6 is 0 Å². The van der Waals surface area contributed by atoms with E-state index in [1.165, 1.54) is 0 Å². The summed E-state index contributed by atoms with van der Waals surface area (Å²) in [6.45, 7) is -0.783. The van der Waals surface area contributed by atoms with Crippen LogP contribution in [0.5, 0.6) is 0 Å². The van der Waals surface area contributed by atoms with Crippen molar-refractivity contribution in [1.82, 2.24) is 0 Å². The fourth-order valence-electron chi connectivity index (χ4n) is 1.32. The van der Waals surface area contributed by atoms with Gasteiger partial charge in [-0.05, 0) is 12.1 Å². The largest absolute Gasteiger partial charge is 0.364 e. The molecule has 0 aromatic heterocycles. The third-order valence-corrected chi connectivity index (χ3v) is 1.97. The summed E-state index contributed by atoms with van der Waals surface area (Å²) in [6.07, 6.45) is -2.42. The Bertz CT molecular complexity index is 371. The van der Waals surface area contributed by atoms with Gasteiger partial charge in [-0.25, -0.2) is 17.6 Å². The zero-order valence-corrected chi connectivity index (χ0v) is 8.38. The normalized spacial score (nSPS) is 10.6. The van der Waals surface area contributed by atoms with Gasteiger partial charge in [0, 0.05) is 12.6 Å². The first-order valence-corrected chi connectivity index (χ1v) is 4.39. The molecule has 0 saturated heterocycles. The van der Waals surface area contributed by atoms with Crippen LogP contribution < -0.4 is 4.90 Å². The van der Waals surface area contributed by atoms with Gasteiger partial charge in [0.2, 0.25) is 0 Å². The highest BCUT2D eigenvalue weighted by Gasteiger charge is 2.17. The van der Waals surface area contributed by atoms with Gasteiger partial charge in [-0.15, -0.1) is 0 Å². The van der Waals surface area contributed by atoms with E-state index in [0.29, 0.717) is 0 Å². The zero-order chi connectivity index (χ0) is 12.3. The van der Waals surface area contributed by atoms with Gasteiger partial charge in [0.15, 0.2) is 0 Å². The highest BCUT2D eigenvalue weighted by molar-refractivity contribution is 5.76. The molecule has 16 heavy (non-hydrogen) atoms. The summed E-state index contributed by atoms with van der Waals surface area (Å²) in [5, 5.41) is 0. The molecule has 0 aliphatic carbocycles. The number of hydrogen-bond acceptors (Lipinski definition) is 2. The van der Waals surface area contributed by atoms with Crippen molar-refractivity contribution in [2.75, 3.05) is 18.5 Å². The summed E-state index contributed by atoms with van der Waals surface area (Å²) in [4.78, 5) is 11.1. The van der Waals surface area contributed by atoms with E-state index in [4.69, 9.17) is 0 Å². The van der Waals surface area contributed by atoms with Crippen LogP contribution in [0.2, 0.25) is 0 Å². The fraction of sp³-hybridized carbons (Fsp3) is 0.300. The van der Waals surface area contributed by atoms with Crippen molar-refractivity contribution >= 4 is 12.0 Å². The average Bonchev–Trinajstić information content (AvgIpc) is 2.15. The van der Waals surface area contributed by atoms with Crippen LogP contribution in [0.25, 0.3) is 0 Å². The van der Waals surface area contributed by atoms with Gasteiger partial charge in [0.05, 0.1) is 6.54 Å². The van der Waals surface area contributed by atoms with Crippen LogP contribution in [0.15, 0.2) is 12.1 Å².